The van der Waals surface area contributed by atoms with Crippen LogP contribution in [-0.4, -0.2) is 48.6 Å². The Labute approximate surface area is 150 Å². The van der Waals surface area contributed by atoms with Gasteiger partial charge >= 0.3 is 0 Å². The number of likely N-dealkylation sites (N-methyl/N-ethyl adjacent to an activating group) is 1. The van der Waals surface area contributed by atoms with E-state index in [1.165, 1.54) is 19.4 Å². The van der Waals surface area contributed by atoms with Gasteiger partial charge in [-0.3, -0.25) is 9.89 Å². The zero-order chi connectivity index (χ0) is 15.2. The van der Waals surface area contributed by atoms with Gasteiger partial charge in [0.25, 0.3) is 0 Å². The first-order valence-electron chi connectivity index (χ1n) is 7.75. The lowest BCUT2D eigenvalue weighted by atomic mass is 10.2. The van der Waals surface area contributed by atoms with Crippen LogP contribution in [0, 0.1) is 13.8 Å². The second-order valence-electron chi connectivity index (χ2n) is 5.48. The van der Waals surface area contributed by atoms with Crippen LogP contribution in [0.1, 0.15) is 37.1 Å². The Morgan fingerprint density at radius 1 is 1.41 bits per heavy atom. The maximum absolute atomic E-state index is 5.56. The van der Waals surface area contributed by atoms with Gasteiger partial charge in [0.15, 0.2) is 5.96 Å². The first-order valence-corrected chi connectivity index (χ1v) is 7.75. The summed E-state index contributed by atoms with van der Waals surface area (Å²) in [6, 6.07) is 0.611. The summed E-state index contributed by atoms with van der Waals surface area (Å²) >= 11 is 0. The number of aromatic nitrogens is 1. The van der Waals surface area contributed by atoms with Crippen molar-refractivity contribution in [2.24, 2.45) is 4.99 Å². The lowest BCUT2D eigenvalue weighted by molar-refractivity contribution is 0.267. The van der Waals surface area contributed by atoms with E-state index >= 15 is 0 Å². The van der Waals surface area contributed by atoms with E-state index in [0.29, 0.717) is 18.5 Å². The van der Waals surface area contributed by atoms with Crippen molar-refractivity contribution in [3.63, 3.8) is 0 Å². The first kappa shape index (κ1) is 19.2. The molecule has 0 bridgehead atoms. The molecule has 1 fully saturated rings. The van der Waals surface area contributed by atoms with Gasteiger partial charge in [0.1, 0.15) is 5.76 Å². The number of aliphatic imine (C=N–C) groups is 1. The van der Waals surface area contributed by atoms with Crippen molar-refractivity contribution in [1.29, 1.82) is 0 Å². The molecular weight excluding hydrogens is 393 g/mol. The van der Waals surface area contributed by atoms with Crippen molar-refractivity contribution in [3.8, 4) is 0 Å². The standard InChI is InChI=1S/C15H27N5O.HI/c1-5-20-8-6-7-13(20)9-17-15(16-4)18-10-14-19-11(2)12(3)21-14;/h13H,5-10H2,1-4H3,(H2,16,17,18);1H. The van der Waals surface area contributed by atoms with E-state index in [9.17, 15) is 0 Å². The van der Waals surface area contributed by atoms with Gasteiger partial charge in [0.2, 0.25) is 5.89 Å². The lowest BCUT2D eigenvalue weighted by Gasteiger charge is -2.23. The van der Waals surface area contributed by atoms with Crippen LogP contribution >= 0.6 is 24.0 Å². The summed E-state index contributed by atoms with van der Waals surface area (Å²) < 4.78 is 5.56. The fourth-order valence-corrected chi connectivity index (χ4v) is 2.75. The molecule has 0 spiro atoms. The van der Waals surface area contributed by atoms with Gasteiger partial charge in [-0.05, 0) is 39.8 Å². The van der Waals surface area contributed by atoms with Crippen LogP contribution in [0.5, 0.6) is 0 Å². The molecule has 7 heteroatoms. The molecule has 1 aromatic rings. The number of rotatable bonds is 5. The van der Waals surface area contributed by atoms with Crippen molar-refractivity contribution in [2.45, 2.75) is 46.2 Å². The Kier molecular flexibility index (Phi) is 8.16. The number of hydrogen-bond donors (Lipinski definition) is 2. The Morgan fingerprint density at radius 2 is 2.18 bits per heavy atom. The molecule has 1 aliphatic rings. The average molecular weight is 421 g/mol. The van der Waals surface area contributed by atoms with Gasteiger partial charge < -0.3 is 15.1 Å². The third-order valence-corrected chi connectivity index (χ3v) is 4.11. The summed E-state index contributed by atoms with van der Waals surface area (Å²) in [5, 5.41) is 6.64. The molecule has 6 nitrogen and oxygen atoms in total. The van der Waals surface area contributed by atoms with Crippen LogP contribution in [0.25, 0.3) is 0 Å². The molecule has 2 N–H and O–H groups in total. The highest BCUT2D eigenvalue weighted by Crippen LogP contribution is 2.15. The predicted octanol–water partition coefficient (Wildman–Crippen LogP) is 2.06. The van der Waals surface area contributed by atoms with E-state index in [4.69, 9.17) is 4.42 Å². The van der Waals surface area contributed by atoms with Crippen molar-refractivity contribution < 1.29 is 4.42 Å². The highest BCUT2D eigenvalue weighted by Gasteiger charge is 2.22. The molecule has 1 unspecified atom stereocenters. The van der Waals surface area contributed by atoms with E-state index in [-0.39, 0.29) is 24.0 Å². The van der Waals surface area contributed by atoms with Crippen molar-refractivity contribution >= 4 is 29.9 Å². The summed E-state index contributed by atoms with van der Waals surface area (Å²) in [7, 11) is 1.79. The second-order valence-corrected chi connectivity index (χ2v) is 5.48. The monoisotopic (exact) mass is 421 g/mol. The SMILES string of the molecule is CCN1CCCC1CNC(=NC)NCc1nc(C)c(C)o1.I. The molecule has 0 aliphatic carbocycles. The first-order chi connectivity index (χ1) is 10.1. The highest BCUT2D eigenvalue weighted by molar-refractivity contribution is 14.0. The molecule has 2 rings (SSSR count). The minimum atomic E-state index is 0. The predicted molar refractivity (Wildman–Crippen MR) is 99.9 cm³/mol. The van der Waals surface area contributed by atoms with Crippen LogP contribution in [-0.2, 0) is 6.54 Å². The summed E-state index contributed by atoms with van der Waals surface area (Å²) in [6.07, 6.45) is 2.55. The van der Waals surface area contributed by atoms with Crippen LogP contribution in [0.3, 0.4) is 0 Å². The number of nitrogens with one attached hydrogen (secondary N) is 2. The number of oxazole rings is 1. The minimum Gasteiger partial charge on any atom is -0.444 e. The van der Waals surface area contributed by atoms with Gasteiger partial charge in [-0.1, -0.05) is 6.92 Å². The molecular formula is C15H28IN5O. The van der Waals surface area contributed by atoms with Crippen molar-refractivity contribution in [3.05, 3.63) is 17.3 Å². The van der Waals surface area contributed by atoms with E-state index in [1.807, 2.05) is 13.8 Å². The van der Waals surface area contributed by atoms with Crippen molar-refractivity contribution in [1.82, 2.24) is 20.5 Å². The lowest BCUT2D eigenvalue weighted by Crippen LogP contribution is -2.44. The summed E-state index contributed by atoms with van der Waals surface area (Å²) in [5.74, 6) is 2.37. The molecule has 0 radical (unpaired) electrons. The Hall–Kier alpha value is -0.830. The molecule has 0 aromatic carbocycles. The van der Waals surface area contributed by atoms with E-state index in [0.717, 1.165) is 30.5 Å². The molecule has 0 saturated carbocycles. The van der Waals surface area contributed by atoms with Gasteiger partial charge in [0, 0.05) is 19.6 Å². The molecule has 1 atom stereocenters. The molecule has 22 heavy (non-hydrogen) atoms. The quantitative estimate of drug-likeness (QED) is 0.433. The van der Waals surface area contributed by atoms with Gasteiger partial charge in [-0.15, -0.1) is 24.0 Å². The second kappa shape index (κ2) is 9.34. The number of likely N-dealkylation sites (tertiary alicyclic amines) is 1. The average Bonchev–Trinajstić information content (AvgIpc) is 3.06. The highest BCUT2D eigenvalue weighted by atomic mass is 127. The van der Waals surface area contributed by atoms with Crippen LogP contribution < -0.4 is 10.6 Å². The minimum absolute atomic E-state index is 0. The van der Waals surface area contributed by atoms with E-state index in [1.54, 1.807) is 7.05 Å². The van der Waals surface area contributed by atoms with Crippen LogP contribution in [0.15, 0.2) is 9.41 Å². The molecule has 126 valence electrons. The molecule has 1 aromatic heterocycles. The zero-order valence-electron chi connectivity index (χ0n) is 14.0. The maximum atomic E-state index is 5.56. The van der Waals surface area contributed by atoms with Crippen molar-refractivity contribution in [2.75, 3.05) is 26.7 Å². The number of hydrogen-bond acceptors (Lipinski definition) is 4. The third kappa shape index (κ3) is 5.12. The Balaban J connectivity index is 0.00000242. The largest absolute Gasteiger partial charge is 0.444 e. The fraction of sp³-hybridized carbons (Fsp3) is 0.733. The number of halogens is 1. The normalized spacial score (nSPS) is 19.1. The Morgan fingerprint density at radius 3 is 2.77 bits per heavy atom. The molecule has 0 amide bonds. The Bertz CT molecular complexity index is 469. The molecule has 2 heterocycles. The maximum Gasteiger partial charge on any atom is 0.214 e. The topological polar surface area (TPSA) is 65.7 Å². The smallest absolute Gasteiger partial charge is 0.214 e. The number of guanidine groups is 1. The third-order valence-electron chi connectivity index (χ3n) is 4.11. The number of aryl methyl sites for hydroxylation is 2. The van der Waals surface area contributed by atoms with Crippen LogP contribution in [0.2, 0.25) is 0 Å². The fourth-order valence-electron chi connectivity index (χ4n) is 2.75. The van der Waals surface area contributed by atoms with Gasteiger partial charge in [-0.25, -0.2) is 4.98 Å². The summed E-state index contributed by atoms with van der Waals surface area (Å²) in [4.78, 5) is 11.1. The van der Waals surface area contributed by atoms with E-state index in [2.05, 4.69) is 32.4 Å². The van der Waals surface area contributed by atoms with Gasteiger partial charge in [0.05, 0.1) is 12.2 Å². The van der Waals surface area contributed by atoms with Crippen LogP contribution in [0.4, 0.5) is 0 Å². The molecule has 1 aliphatic heterocycles. The summed E-state index contributed by atoms with van der Waals surface area (Å²) in [5.41, 5.74) is 0.944. The molecule has 1 saturated heterocycles. The number of nitrogens with zero attached hydrogens (tertiary/aromatic N) is 3. The van der Waals surface area contributed by atoms with E-state index < -0.39 is 0 Å². The van der Waals surface area contributed by atoms with Gasteiger partial charge in [-0.2, -0.15) is 0 Å². The zero-order valence-corrected chi connectivity index (χ0v) is 16.3. The summed E-state index contributed by atoms with van der Waals surface area (Å²) in [6.45, 7) is 9.91.